The normalized spacial score (nSPS) is 39.9. The first kappa shape index (κ1) is 5.98. The monoisotopic (exact) mass is 150 g/mol. The average molecular weight is 150 g/mol. The highest BCUT2D eigenvalue weighted by Crippen LogP contribution is 2.48. The number of hydrogen-bond acceptors (Lipinski definition) is 2. The van der Waals surface area contributed by atoms with Crippen molar-refractivity contribution in [1.29, 1.82) is 0 Å². The van der Waals surface area contributed by atoms with E-state index in [2.05, 4.69) is 6.08 Å². The van der Waals surface area contributed by atoms with Crippen LogP contribution in [0.25, 0.3) is 0 Å². The molecule has 3 rings (SSSR count). The van der Waals surface area contributed by atoms with Crippen LogP contribution in [0.1, 0.15) is 12.8 Å². The molecule has 1 aliphatic heterocycles. The van der Waals surface area contributed by atoms with Crippen molar-refractivity contribution in [1.82, 2.24) is 0 Å². The van der Waals surface area contributed by atoms with E-state index in [-0.39, 0.29) is 0 Å². The first-order valence-electron chi connectivity index (χ1n) is 4.08. The lowest BCUT2D eigenvalue weighted by Gasteiger charge is -2.06. The summed E-state index contributed by atoms with van der Waals surface area (Å²) in [6.07, 6.45) is 3.96. The van der Waals surface area contributed by atoms with Crippen molar-refractivity contribution in [3.63, 3.8) is 0 Å². The summed E-state index contributed by atoms with van der Waals surface area (Å²) < 4.78 is 5.14. The van der Waals surface area contributed by atoms with Gasteiger partial charge in [0.05, 0.1) is 6.61 Å². The highest BCUT2D eigenvalue weighted by Gasteiger charge is 2.40. The fourth-order valence-corrected chi connectivity index (χ4v) is 2.39. The van der Waals surface area contributed by atoms with Crippen LogP contribution in [0.15, 0.2) is 22.8 Å². The summed E-state index contributed by atoms with van der Waals surface area (Å²) >= 11 is 0. The lowest BCUT2D eigenvalue weighted by molar-refractivity contribution is -0.0463. The first-order chi connectivity index (χ1) is 5.36. The molecule has 2 bridgehead atoms. The van der Waals surface area contributed by atoms with Crippen molar-refractivity contribution in [2.75, 3.05) is 6.61 Å². The second kappa shape index (κ2) is 1.76. The molecule has 1 N–H and O–H groups in total. The van der Waals surface area contributed by atoms with Gasteiger partial charge in [-0.2, -0.15) is 0 Å². The highest BCUT2D eigenvalue weighted by molar-refractivity contribution is 5.50. The summed E-state index contributed by atoms with van der Waals surface area (Å²) in [5, 5.41) is 9.40. The topological polar surface area (TPSA) is 29.5 Å². The van der Waals surface area contributed by atoms with Crippen LogP contribution in [-0.4, -0.2) is 18.0 Å². The number of allylic oxidation sites excluding steroid dienone is 1. The minimum Gasteiger partial charge on any atom is -0.364 e. The van der Waals surface area contributed by atoms with Gasteiger partial charge in [0, 0.05) is 5.57 Å². The molecule has 2 nitrogen and oxygen atoms in total. The van der Waals surface area contributed by atoms with Gasteiger partial charge in [-0.15, -0.1) is 0 Å². The van der Waals surface area contributed by atoms with Crippen LogP contribution in [0, 0.1) is 5.92 Å². The lowest BCUT2D eigenvalue weighted by atomic mass is 9.98. The van der Waals surface area contributed by atoms with Crippen LogP contribution in [0.2, 0.25) is 0 Å². The summed E-state index contributed by atoms with van der Waals surface area (Å²) in [7, 11) is 0. The van der Waals surface area contributed by atoms with Crippen molar-refractivity contribution < 1.29 is 9.84 Å². The van der Waals surface area contributed by atoms with Gasteiger partial charge in [-0.25, -0.2) is 0 Å². The number of hydrogen-bond donors (Lipinski definition) is 1. The van der Waals surface area contributed by atoms with E-state index in [1.54, 1.807) is 0 Å². The molecular formula is C9H10O2. The predicted octanol–water partition coefficient (Wildman–Crippen LogP) is 0.982. The van der Waals surface area contributed by atoms with Crippen LogP contribution < -0.4 is 0 Å². The highest BCUT2D eigenvalue weighted by atomic mass is 16.6. The third-order valence-electron chi connectivity index (χ3n) is 2.94. The number of aliphatic hydroxyl groups is 1. The molecule has 0 saturated heterocycles. The van der Waals surface area contributed by atoms with Gasteiger partial charge in [-0.3, -0.25) is 0 Å². The molecule has 0 spiro atoms. The number of fused-ring (bicyclic) bond motifs is 4. The standard InChI is InChI=1S/C9H10O2/c10-9-8-6-2-1-5(3-6)7(8)4-11-9/h2,5,9-10H,1,3-4H2. The van der Waals surface area contributed by atoms with Crippen LogP contribution in [0.4, 0.5) is 0 Å². The summed E-state index contributed by atoms with van der Waals surface area (Å²) in [6.45, 7) is 0.665. The molecule has 0 fully saturated rings. The zero-order valence-electron chi connectivity index (χ0n) is 6.21. The van der Waals surface area contributed by atoms with Crippen molar-refractivity contribution in [3.05, 3.63) is 22.8 Å². The second-order valence-electron chi connectivity index (χ2n) is 3.47. The Morgan fingerprint density at radius 1 is 1.55 bits per heavy atom. The van der Waals surface area contributed by atoms with Crippen LogP contribution in [-0.2, 0) is 4.74 Å². The predicted molar refractivity (Wildman–Crippen MR) is 39.8 cm³/mol. The lowest BCUT2D eigenvalue weighted by Crippen LogP contribution is -2.08. The Labute approximate surface area is 65.2 Å². The van der Waals surface area contributed by atoms with E-state index >= 15 is 0 Å². The minimum absolute atomic E-state index is 0.610. The Kier molecular flexibility index (Phi) is 0.957. The van der Waals surface area contributed by atoms with Gasteiger partial charge in [0.15, 0.2) is 6.29 Å². The van der Waals surface area contributed by atoms with Gasteiger partial charge >= 0.3 is 0 Å². The van der Waals surface area contributed by atoms with E-state index in [4.69, 9.17) is 4.74 Å². The van der Waals surface area contributed by atoms with Gasteiger partial charge in [0.25, 0.3) is 0 Å². The Balaban J connectivity index is 2.12. The second-order valence-corrected chi connectivity index (χ2v) is 3.47. The Hall–Kier alpha value is -0.600. The summed E-state index contributed by atoms with van der Waals surface area (Å²) in [6, 6.07) is 0. The van der Waals surface area contributed by atoms with E-state index in [0.29, 0.717) is 12.5 Å². The molecule has 2 atom stereocenters. The summed E-state index contributed by atoms with van der Waals surface area (Å²) in [4.78, 5) is 0. The molecule has 11 heavy (non-hydrogen) atoms. The van der Waals surface area contributed by atoms with Crippen molar-refractivity contribution >= 4 is 0 Å². The molecule has 0 radical (unpaired) electrons. The van der Waals surface area contributed by atoms with Crippen LogP contribution in [0.5, 0.6) is 0 Å². The Bertz CT molecular complexity index is 275. The number of ether oxygens (including phenoxy) is 1. The molecule has 0 amide bonds. The molecule has 0 aromatic carbocycles. The van der Waals surface area contributed by atoms with Gasteiger partial charge in [0.2, 0.25) is 0 Å². The summed E-state index contributed by atoms with van der Waals surface area (Å²) in [5.74, 6) is 0.678. The largest absolute Gasteiger partial charge is 0.364 e. The maximum absolute atomic E-state index is 9.40. The minimum atomic E-state index is -0.610. The molecule has 2 unspecified atom stereocenters. The molecule has 0 saturated carbocycles. The quantitative estimate of drug-likeness (QED) is 0.557. The fourth-order valence-electron chi connectivity index (χ4n) is 2.39. The molecule has 1 heterocycles. The van der Waals surface area contributed by atoms with Crippen molar-refractivity contribution in [3.8, 4) is 0 Å². The van der Waals surface area contributed by atoms with Gasteiger partial charge < -0.3 is 9.84 Å². The SMILES string of the molecule is OC1OCC2=C1C1=CCC2C1. The van der Waals surface area contributed by atoms with E-state index in [1.807, 2.05) is 0 Å². The third kappa shape index (κ3) is 0.596. The Morgan fingerprint density at radius 2 is 2.45 bits per heavy atom. The molecule has 0 aromatic rings. The van der Waals surface area contributed by atoms with Gasteiger partial charge in [-0.05, 0) is 29.9 Å². The van der Waals surface area contributed by atoms with Gasteiger partial charge in [0.1, 0.15) is 0 Å². The van der Waals surface area contributed by atoms with Crippen LogP contribution >= 0.6 is 0 Å². The third-order valence-corrected chi connectivity index (χ3v) is 2.94. The molecule has 58 valence electrons. The van der Waals surface area contributed by atoms with E-state index < -0.39 is 6.29 Å². The zero-order chi connectivity index (χ0) is 7.42. The molecular weight excluding hydrogens is 140 g/mol. The molecule has 3 aliphatic rings. The molecule has 2 aliphatic carbocycles. The number of aliphatic hydroxyl groups excluding tert-OH is 1. The van der Waals surface area contributed by atoms with Crippen LogP contribution in [0.3, 0.4) is 0 Å². The number of rotatable bonds is 0. The van der Waals surface area contributed by atoms with E-state index in [0.717, 1.165) is 12.0 Å². The molecule has 2 heteroatoms. The van der Waals surface area contributed by atoms with E-state index in [1.165, 1.54) is 17.6 Å². The molecule has 0 aromatic heterocycles. The smallest absolute Gasteiger partial charge is 0.181 e. The van der Waals surface area contributed by atoms with Crippen molar-refractivity contribution in [2.24, 2.45) is 5.92 Å². The zero-order valence-corrected chi connectivity index (χ0v) is 6.21. The van der Waals surface area contributed by atoms with Crippen molar-refractivity contribution in [2.45, 2.75) is 19.1 Å². The van der Waals surface area contributed by atoms with Gasteiger partial charge in [-0.1, -0.05) is 6.08 Å². The van der Waals surface area contributed by atoms with E-state index in [9.17, 15) is 5.11 Å². The average Bonchev–Trinajstić information content (AvgIpc) is 2.60. The maximum Gasteiger partial charge on any atom is 0.181 e. The maximum atomic E-state index is 9.40. The fraction of sp³-hybridized carbons (Fsp3) is 0.556. The first-order valence-corrected chi connectivity index (χ1v) is 4.08. The summed E-state index contributed by atoms with van der Waals surface area (Å²) in [5.41, 5.74) is 3.83. The Morgan fingerprint density at radius 3 is 3.27 bits per heavy atom.